The molecule has 3 aromatic carbocycles. The Morgan fingerprint density at radius 2 is 1.35 bits per heavy atom. The molecule has 0 aromatic heterocycles. The van der Waals surface area contributed by atoms with Crippen molar-refractivity contribution in [2.45, 2.75) is 37.7 Å². The zero-order valence-corrected chi connectivity index (χ0v) is 17.9. The van der Waals surface area contributed by atoms with E-state index in [0.717, 1.165) is 55.5 Å². The molecule has 1 aliphatic heterocycles. The Bertz CT molecular complexity index is 926. The van der Waals surface area contributed by atoms with Crippen LogP contribution in [0.3, 0.4) is 0 Å². The largest absolute Gasteiger partial charge is 0.366 e. The highest BCUT2D eigenvalue weighted by Gasteiger charge is 2.38. The molecule has 1 aliphatic rings. The molecular formula is C27H30N2O2. The Balaban J connectivity index is 1.70. The standard InChI is InChI=1S/C27H30N2O2/c28-26(30)23-16-14-22(15-17-23)18-19-27(24-10-4-1-5-11-24,25-12-6-2-7-13-25)31-29-20-8-3-9-21-29/h1-2,4-7,10-17H,3,8-9,18-21H2,(H2,28,30). The summed E-state index contributed by atoms with van der Waals surface area (Å²) in [7, 11) is 0. The molecule has 0 spiro atoms. The van der Waals surface area contributed by atoms with E-state index >= 15 is 0 Å². The van der Waals surface area contributed by atoms with E-state index in [1.807, 2.05) is 24.3 Å². The van der Waals surface area contributed by atoms with Crippen molar-refractivity contribution < 1.29 is 9.63 Å². The predicted octanol–water partition coefficient (Wildman–Crippen LogP) is 5.08. The topological polar surface area (TPSA) is 55.6 Å². The lowest BCUT2D eigenvalue weighted by Gasteiger charge is -2.40. The van der Waals surface area contributed by atoms with Crippen LogP contribution in [0.5, 0.6) is 0 Å². The monoisotopic (exact) mass is 414 g/mol. The Kier molecular flexibility index (Phi) is 6.80. The number of carbonyl (C=O) groups excluding carboxylic acids is 1. The van der Waals surface area contributed by atoms with Gasteiger partial charge in [-0.25, -0.2) is 0 Å². The molecule has 0 unspecified atom stereocenters. The molecule has 4 heteroatoms. The molecule has 0 bridgehead atoms. The van der Waals surface area contributed by atoms with Gasteiger partial charge in [-0.15, -0.1) is 0 Å². The first-order valence-electron chi connectivity index (χ1n) is 11.1. The maximum absolute atomic E-state index is 11.4. The number of carbonyl (C=O) groups is 1. The third-order valence-electron chi connectivity index (χ3n) is 6.08. The van der Waals surface area contributed by atoms with E-state index in [2.05, 4.69) is 53.6 Å². The van der Waals surface area contributed by atoms with Crippen LogP contribution in [-0.2, 0) is 16.9 Å². The van der Waals surface area contributed by atoms with Crippen LogP contribution in [0.4, 0.5) is 0 Å². The van der Waals surface area contributed by atoms with Gasteiger partial charge in [-0.1, -0.05) is 79.2 Å². The molecule has 0 saturated carbocycles. The zero-order chi connectivity index (χ0) is 21.5. The molecule has 2 N–H and O–H groups in total. The smallest absolute Gasteiger partial charge is 0.248 e. The summed E-state index contributed by atoms with van der Waals surface area (Å²) in [6.07, 6.45) is 5.18. The Labute approximate surface area is 184 Å². The number of rotatable bonds is 8. The van der Waals surface area contributed by atoms with Crippen LogP contribution in [-0.4, -0.2) is 24.1 Å². The summed E-state index contributed by atoms with van der Waals surface area (Å²) in [5.41, 5.74) is 8.81. The number of nitrogens with two attached hydrogens (primary N) is 1. The minimum atomic E-state index is -0.581. The summed E-state index contributed by atoms with van der Waals surface area (Å²) in [5.74, 6) is -0.400. The van der Waals surface area contributed by atoms with Gasteiger partial charge >= 0.3 is 0 Å². The van der Waals surface area contributed by atoms with Crippen molar-refractivity contribution in [1.29, 1.82) is 0 Å². The molecule has 31 heavy (non-hydrogen) atoms. The van der Waals surface area contributed by atoms with Gasteiger partial charge in [0, 0.05) is 18.7 Å². The minimum Gasteiger partial charge on any atom is -0.366 e. The molecule has 4 nitrogen and oxygen atoms in total. The lowest BCUT2D eigenvalue weighted by Crippen LogP contribution is -2.42. The summed E-state index contributed by atoms with van der Waals surface area (Å²) < 4.78 is 0. The molecule has 3 aromatic rings. The maximum atomic E-state index is 11.4. The molecule has 160 valence electrons. The molecule has 4 rings (SSSR count). The summed E-state index contributed by atoms with van der Waals surface area (Å²) >= 11 is 0. The predicted molar refractivity (Wildman–Crippen MR) is 123 cm³/mol. The molecule has 0 atom stereocenters. The van der Waals surface area contributed by atoms with E-state index in [4.69, 9.17) is 10.6 Å². The highest BCUT2D eigenvalue weighted by Crippen LogP contribution is 2.39. The third-order valence-corrected chi connectivity index (χ3v) is 6.08. The van der Waals surface area contributed by atoms with Crippen molar-refractivity contribution in [3.63, 3.8) is 0 Å². The van der Waals surface area contributed by atoms with E-state index in [1.54, 1.807) is 12.1 Å². The quantitative estimate of drug-likeness (QED) is 0.559. The van der Waals surface area contributed by atoms with E-state index < -0.39 is 11.5 Å². The number of hydrogen-bond acceptors (Lipinski definition) is 3. The zero-order valence-electron chi connectivity index (χ0n) is 17.9. The van der Waals surface area contributed by atoms with Crippen molar-refractivity contribution in [2.75, 3.05) is 13.1 Å². The fourth-order valence-electron chi connectivity index (χ4n) is 4.35. The van der Waals surface area contributed by atoms with Crippen molar-refractivity contribution in [3.05, 3.63) is 107 Å². The average molecular weight is 415 g/mol. The fraction of sp³-hybridized carbons (Fsp3) is 0.296. The van der Waals surface area contributed by atoms with Crippen LogP contribution in [0.1, 0.15) is 52.7 Å². The van der Waals surface area contributed by atoms with E-state index in [-0.39, 0.29) is 0 Å². The van der Waals surface area contributed by atoms with Gasteiger partial charge in [0.15, 0.2) is 0 Å². The number of piperidine rings is 1. The number of hydrogen-bond donors (Lipinski definition) is 1. The SMILES string of the molecule is NC(=O)c1ccc(CCC(ON2CCCCC2)(c2ccccc2)c2ccccc2)cc1. The number of benzene rings is 3. The number of aryl methyl sites for hydroxylation is 1. The third kappa shape index (κ3) is 5.04. The Morgan fingerprint density at radius 3 is 1.87 bits per heavy atom. The normalized spacial score (nSPS) is 15.0. The Hall–Kier alpha value is -2.95. The second kappa shape index (κ2) is 9.90. The van der Waals surface area contributed by atoms with Gasteiger partial charge < -0.3 is 5.73 Å². The summed E-state index contributed by atoms with van der Waals surface area (Å²) in [4.78, 5) is 18.3. The number of nitrogens with zero attached hydrogens (tertiary/aromatic N) is 1. The molecule has 0 radical (unpaired) electrons. The fourth-order valence-corrected chi connectivity index (χ4v) is 4.35. The summed E-state index contributed by atoms with van der Waals surface area (Å²) in [6, 6.07) is 28.6. The van der Waals surface area contributed by atoms with Gasteiger partial charge in [0.25, 0.3) is 0 Å². The molecule has 1 fully saturated rings. The molecule has 1 amide bonds. The van der Waals surface area contributed by atoms with Crippen LogP contribution < -0.4 is 5.73 Å². The van der Waals surface area contributed by atoms with E-state index in [0.29, 0.717) is 5.56 Å². The summed E-state index contributed by atoms with van der Waals surface area (Å²) in [5, 5.41) is 2.15. The lowest BCUT2D eigenvalue weighted by atomic mass is 9.81. The van der Waals surface area contributed by atoms with Crippen LogP contribution in [0, 0.1) is 0 Å². The van der Waals surface area contributed by atoms with Crippen molar-refractivity contribution >= 4 is 5.91 Å². The van der Waals surface area contributed by atoms with Gasteiger partial charge in [0.2, 0.25) is 5.91 Å². The second-order valence-electron chi connectivity index (χ2n) is 8.20. The molecule has 0 aliphatic carbocycles. The van der Waals surface area contributed by atoms with Crippen molar-refractivity contribution in [2.24, 2.45) is 5.73 Å². The van der Waals surface area contributed by atoms with Gasteiger partial charge in [-0.05, 0) is 54.5 Å². The number of amides is 1. The van der Waals surface area contributed by atoms with Gasteiger partial charge in [0.05, 0.1) is 0 Å². The highest BCUT2D eigenvalue weighted by molar-refractivity contribution is 5.92. The molecule has 1 heterocycles. The van der Waals surface area contributed by atoms with Crippen LogP contribution >= 0.6 is 0 Å². The Morgan fingerprint density at radius 1 is 0.806 bits per heavy atom. The van der Waals surface area contributed by atoms with Gasteiger partial charge in [0.1, 0.15) is 5.60 Å². The molecule has 1 saturated heterocycles. The second-order valence-corrected chi connectivity index (χ2v) is 8.20. The lowest BCUT2D eigenvalue weighted by molar-refractivity contribution is -0.246. The van der Waals surface area contributed by atoms with Crippen LogP contribution in [0.25, 0.3) is 0 Å². The van der Waals surface area contributed by atoms with Crippen molar-refractivity contribution in [3.8, 4) is 0 Å². The highest BCUT2D eigenvalue weighted by atomic mass is 16.7. The van der Waals surface area contributed by atoms with Crippen LogP contribution in [0.2, 0.25) is 0 Å². The van der Waals surface area contributed by atoms with Crippen LogP contribution in [0.15, 0.2) is 84.9 Å². The van der Waals surface area contributed by atoms with Crippen molar-refractivity contribution in [1.82, 2.24) is 5.06 Å². The first-order chi connectivity index (χ1) is 15.2. The van der Waals surface area contributed by atoms with E-state index in [1.165, 1.54) is 6.42 Å². The number of primary amides is 1. The first-order valence-corrected chi connectivity index (χ1v) is 11.1. The van der Waals surface area contributed by atoms with Gasteiger partial charge in [-0.2, -0.15) is 5.06 Å². The van der Waals surface area contributed by atoms with E-state index in [9.17, 15) is 4.79 Å². The van der Waals surface area contributed by atoms with Gasteiger partial charge in [-0.3, -0.25) is 9.63 Å². The number of hydroxylamine groups is 2. The first kappa shape index (κ1) is 21.3. The molecular weight excluding hydrogens is 384 g/mol. The minimum absolute atomic E-state index is 0.400. The average Bonchev–Trinajstić information content (AvgIpc) is 2.84. The summed E-state index contributed by atoms with van der Waals surface area (Å²) in [6.45, 7) is 1.91. The maximum Gasteiger partial charge on any atom is 0.248 e.